The predicted molar refractivity (Wildman–Crippen MR) is 100 cm³/mol. The van der Waals surface area contributed by atoms with Crippen molar-refractivity contribution < 1.29 is 13.9 Å². The number of ether oxygens (including phenoxy) is 1. The van der Waals surface area contributed by atoms with E-state index in [2.05, 4.69) is 15.1 Å². The van der Waals surface area contributed by atoms with E-state index in [9.17, 15) is 4.79 Å². The lowest BCUT2D eigenvalue weighted by atomic mass is 10.2. The minimum absolute atomic E-state index is 0.224. The molecule has 0 atom stereocenters. The Labute approximate surface area is 152 Å². The maximum Gasteiger partial charge on any atom is 0.307 e. The zero-order valence-electron chi connectivity index (χ0n) is 15.0. The highest BCUT2D eigenvalue weighted by Crippen LogP contribution is 2.22. The molecular weight excluding hydrogens is 330 g/mol. The Balaban J connectivity index is 1.77. The van der Waals surface area contributed by atoms with E-state index in [1.807, 2.05) is 51.1 Å². The van der Waals surface area contributed by atoms with Crippen LogP contribution >= 0.6 is 0 Å². The van der Waals surface area contributed by atoms with Crippen LogP contribution in [0.4, 0.5) is 0 Å². The summed E-state index contributed by atoms with van der Waals surface area (Å²) in [5.74, 6) is 0.690. The molecule has 6 nitrogen and oxygen atoms in total. The molecular formula is C20H21N3O3. The highest BCUT2D eigenvalue weighted by molar-refractivity contribution is 5.92. The van der Waals surface area contributed by atoms with Crippen LogP contribution in [0, 0.1) is 13.8 Å². The fourth-order valence-electron chi connectivity index (χ4n) is 2.80. The summed E-state index contributed by atoms with van der Waals surface area (Å²) in [6.07, 6.45) is 3.08. The SMILES string of the molecule is CCOc1ccc(-n2c(C)cc(/C=N\NC(=O)c3ccco3)c2C)cc1. The van der Waals surface area contributed by atoms with E-state index in [-0.39, 0.29) is 11.7 Å². The number of carbonyl (C=O) groups is 1. The monoisotopic (exact) mass is 351 g/mol. The summed E-state index contributed by atoms with van der Waals surface area (Å²) in [4.78, 5) is 11.8. The normalized spacial score (nSPS) is 11.0. The van der Waals surface area contributed by atoms with Crippen LogP contribution < -0.4 is 10.2 Å². The van der Waals surface area contributed by atoms with Crippen molar-refractivity contribution in [3.8, 4) is 11.4 Å². The van der Waals surface area contributed by atoms with Crippen molar-refractivity contribution >= 4 is 12.1 Å². The summed E-state index contributed by atoms with van der Waals surface area (Å²) in [6, 6.07) is 13.2. The Morgan fingerprint density at radius 1 is 1.27 bits per heavy atom. The third kappa shape index (κ3) is 3.69. The number of hydrogen-bond donors (Lipinski definition) is 1. The highest BCUT2D eigenvalue weighted by Gasteiger charge is 2.10. The molecule has 1 N–H and O–H groups in total. The number of hydrazone groups is 1. The van der Waals surface area contributed by atoms with Crippen LogP contribution in [-0.4, -0.2) is 23.3 Å². The first-order valence-corrected chi connectivity index (χ1v) is 8.39. The number of aromatic nitrogens is 1. The van der Waals surface area contributed by atoms with Gasteiger partial charge in [-0.15, -0.1) is 0 Å². The lowest BCUT2D eigenvalue weighted by Gasteiger charge is -2.10. The predicted octanol–water partition coefficient (Wildman–Crippen LogP) is 3.85. The van der Waals surface area contributed by atoms with Gasteiger partial charge in [0.05, 0.1) is 19.1 Å². The molecule has 0 fully saturated rings. The average molecular weight is 351 g/mol. The van der Waals surface area contributed by atoms with Gasteiger partial charge < -0.3 is 13.7 Å². The van der Waals surface area contributed by atoms with Crippen molar-refractivity contribution in [2.24, 2.45) is 5.10 Å². The maximum absolute atomic E-state index is 11.8. The molecule has 134 valence electrons. The largest absolute Gasteiger partial charge is 0.494 e. The Kier molecular flexibility index (Phi) is 5.22. The van der Waals surface area contributed by atoms with Crippen LogP contribution in [0.5, 0.6) is 5.75 Å². The summed E-state index contributed by atoms with van der Waals surface area (Å²) < 4.78 is 12.7. The molecule has 26 heavy (non-hydrogen) atoms. The Morgan fingerprint density at radius 2 is 2.04 bits per heavy atom. The number of rotatable bonds is 6. The van der Waals surface area contributed by atoms with E-state index in [4.69, 9.17) is 9.15 Å². The number of amides is 1. The van der Waals surface area contributed by atoms with E-state index in [1.165, 1.54) is 6.26 Å². The molecule has 0 unspecified atom stereocenters. The lowest BCUT2D eigenvalue weighted by Crippen LogP contribution is -2.16. The lowest BCUT2D eigenvalue weighted by molar-refractivity contribution is 0.0927. The first kappa shape index (κ1) is 17.5. The van der Waals surface area contributed by atoms with Gasteiger partial charge in [0.2, 0.25) is 0 Å². The summed E-state index contributed by atoms with van der Waals surface area (Å²) in [6.45, 7) is 6.65. The summed E-state index contributed by atoms with van der Waals surface area (Å²) >= 11 is 0. The smallest absolute Gasteiger partial charge is 0.307 e. The van der Waals surface area contributed by atoms with Crippen LogP contribution in [0.1, 0.15) is 34.4 Å². The Bertz CT molecular complexity index is 907. The van der Waals surface area contributed by atoms with Crippen LogP contribution in [0.2, 0.25) is 0 Å². The molecule has 1 aromatic carbocycles. The molecule has 3 aromatic rings. The summed E-state index contributed by atoms with van der Waals surface area (Å²) in [5.41, 5.74) is 6.54. The molecule has 0 aliphatic heterocycles. The van der Waals surface area contributed by atoms with Gasteiger partial charge in [-0.25, -0.2) is 5.43 Å². The zero-order chi connectivity index (χ0) is 18.5. The second kappa shape index (κ2) is 7.74. The number of hydrogen-bond acceptors (Lipinski definition) is 4. The average Bonchev–Trinajstić information content (AvgIpc) is 3.25. The van der Waals surface area contributed by atoms with E-state index >= 15 is 0 Å². The van der Waals surface area contributed by atoms with Crippen LogP contribution in [0.15, 0.2) is 58.2 Å². The minimum Gasteiger partial charge on any atom is -0.494 e. The van der Waals surface area contributed by atoms with Crippen molar-refractivity contribution in [3.05, 3.63) is 71.4 Å². The number of benzene rings is 1. The van der Waals surface area contributed by atoms with Gasteiger partial charge in [-0.2, -0.15) is 5.10 Å². The van der Waals surface area contributed by atoms with Crippen molar-refractivity contribution in [1.82, 2.24) is 9.99 Å². The van der Waals surface area contributed by atoms with E-state index < -0.39 is 0 Å². The van der Waals surface area contributed by atoms with Gasteiger partial charge in [0.25, 0.3) is 0 Å². The number of nitrogens with one attached hydrogen (secondary N) is 1. The fourth-order valence-corrected chi connectivity index (χ4v) is 2.80. The van der Waals surface area contributed by atoms with Crippen LogP contribution in [0.25, 0.3) is 5.69 Å². The topological polar surface area (TPSA) is 68.8 Å². The zero-order valence-corrected chi connectivity index (χ0v) is 15.0. The molecule has 1 amide bonds. The molecule has 0 saturated carbocycles. The minimum atomic E-state index is -0.383. The van der Waals surface area contributed by atoms with Crippen molar-refractivity contribution in [3.63, 3.8) is 0 Å². The molecule has 3 rings (SSSR count). The van der Waals surface area contributed by atoms with E-state index in [0.29, 0.717) is 6.61 Å². The van der Waals surface area contributed by atoms with Gasteiger partial charge in [-0.3, -0.25) is 4.79 Å². The maximum atomic E-state index is 11.8. The van der Waals surface area contributed by atoms with Crippen LogP contribution in [0.3, 0.4) is 0 Å². The second-order valence-electron chi connectivity index (χ2n) is 5.77. The molecule has 0 bridgehead atoms. The first-order valence-electron chi connectivity index (χ1n) is 8.39. The molecule has 0 spiro atoms. The standard InChI is InChI=1S/C20H21N3O3/c1-4-25-18-9-7-17(8-10-18)23-14(2)12-16(15(23)3)13-21-22-20(24)19-6-5-11-26-19/h5-13H,4H2,1-3H3,(H,22,24)/b21-13-. The van der Waals surface area contributed by atoms with Crippen molar-refractivity contribution in [1.29, 1.82) is 0 Å². The number of aryl methyl sites for hydroxylation is 1. The van der Waals surface area contributed by atoms with Gasteiger partial charge in [0.1, 0.15) is 5.75 Å². The van der Waals surface area contributed by atoms with Gasteiger partial charge in [0.15, 0.2) is 5.76 Å². The van der Waals surface area contributed by atoms with Gasteiger partial charge >= 0.3 is 5.91 Å². The third-order valence-corrected chi connectivity index (χ3v) is 3.99. The Hall–Kier alpha value is -3.28. The van der Waals surface area contributed by atoms with E-state index in [1.54, 1.807) is 18.3 Å². The van der Waals surface area contributed by atoms with Crippen molar-refractivity contribution in [2.45, 2.75) is 20.8 Å². The summed E-state index contributed by atoms with van der Waals surface area (Å²) in [5, 5.41) is 4.03. The number of furan rings is 1. The highest BCUT2D eigenvalue weighted by atomic mass is 16.5. The van der Waals surface area contributed by atoms with Gasteiger partial charge in [0, 0.05) is 22.6 Å². The second-order valence-corrected chi connectivity index (χ2v) is 5.77. The molecule has 2 heterocycles. The van der Waals surface area contributed by atoms with E-state index in [0.717, 1.165) is 28.4 Å². The molecule has 0 aliphatic rings. The summed E-state index contributed by atoms with van der Waals surface area (Å²) in [7, 11) is 0. The molecule has 0 radical (unpaired) electrons. The van der Waals surface area contributed by atoms with Gasteiger partial charge in [-0.1, -0.05) is 0 Å². The molecule has 0 aliphatic carbocycles. The molecule has 0 saturated heterocycles. The number of carbonyl (C=O) groups excluding carboxylic acids is 1. The Morgan fingerprint density at radius 3 is 2.69 bits per heavy atom. The number of nitrogens with zero attached hydrogens (tertiary/aromatic N) is 2. The van der Waals surface area contributed by atoms with Crippen LogP contribution in [-0.2, 0) is 0 Å². The first-order chi connectivity index (χ1) is 12.6. The molecule has 2 aromatic heterocycles. The third-order valence-electron chi connectivity index (χ3n) is 3.99. The van der Waals surface area contributed by atoms with Crippen molar-refractivity contribution in [2.75, 3.05) is 6.61 Å². The van der Waals surface area contributed by atoms with Gasteiger partial charge in [-0.05, 0) is 63.2 Å². The fraction of sp³-hybridized carbons (Fsp3) is 0.200. The quantitative estimate of drug-likeness (QED) is 0.542. The molecule has 6 heteroatoms.